The van der Waals surface area contributed by atoms with E-state index >= 15 is 0 Å². The van der Waals surface area contributed by atoms with E-state index in [4.69, 9.17) is 0 Å². The van der Waals surface area contributed by atoms with Crippen LogP contribution in [0.5, 0.6) is 0 Å². The normalized spacial score (nSPS) is 40.7. The molecule has 1 heterocycles. The third kappa shape index (κ3) is 2.95. The van der Waals surface area contributed by atoms with Gasteiger partial charge in [0, 0.05) is 30.0 Å². The minimum Gasteiger partial charge on any atom is -0.338 e. The van der Waals surface area contributed by atoms with Crippen molar-refractivity contribution in [3.05, 3.63) is 53.1 Å². The number of ketones is 1. The summed E-state index contributed by atoms with van der Waals surface area (Å²) >= 11 is 0. The average molecular weight is 426 g/mol. The Morgan fingerprint density at radius 2 is 1.74 bits per heavy atom. The lowest BCUT2D eigenvalue weighted by molar-refractivity contribution is -0.141. The standard InChI is InChI=1S/C26H29F2NO2/c1-25-9-7-23(30)29(3)22(25)5-4-19-20(25)6-8-26(2)21(19)13-16(24(26)31)10-15-11-17(27)14-18(28)12-15/h7,9-12,14,19-22H,4-6,8,13H2,1-3H3/t19?,20?,21-,22+,25+,26-/m0/s1. The molecule has 5 heteroatoms. The molecule has 4 aliphatic rings. The summed E-state index contributed by atoms with van der Waals surface area (Å²) in [5.74, 6) is 0.0206. The van der Waals surface area contributed by atoms with Gasteiger partial charge >= 0.3 is 0 Å². The first-order valence-corrected chi connectivity index (χ1v) is 11.3. The Morgan fingerprint density at radius 3 is 2.45 bits per heavy atom. The van der Waals surface area contributed by atoms with Crippen LogP contribution in [0.4, 0.5) is 8.78 Å². The number of benzene rings is 1. The molecular formula is C26H29F2NO2. The van der Waals surface area contributed by atoms with Gasteiger partial charge in [-0.05, 0) is 85.3 Å². The highest BCUT2D eigenvalue weighted by Gasteiger charge is 2.61. The molecule has 0 spiro atoms. The van der Waals surface area contributed by atoms with Crippen molar-refractivity contribution in [3.8, 4) is 0 Å². The number of hydrogen-bond donors (Lipinski definition) is 0. The number of likely N-dealkylation sites (N-methyl/N-ethyl adjacent to an activating group) is 1. The molecule has 3 nitrogen and oxygen atoms in total. The Labute approximate surface area is 182 Å². The first-order valence-electron chi connectivity index (χ1n) is 11.3. The fourth-order valence-corrected chi connectivity index (χ4v) is 7.40. The van der Waals surface area contributed by atoms with E-state index in [0.717, 1.165) is 31.7 Å². The minimum atomic E-state index is -0.630. The lowest BCUT2D eigenvalue weighted by Gasteiger charge is -2.59. The first kappa shape index (κ1) is 20.6. The van der Waals surface area contributed by atoms with Crippen molar-refractivity contribution in [2.75, 3.05) is 7.05 Å². The highest BCUT2D eigenvalue weighted by molar-refractivity contribution is 6.06. The summed E-state index contributed by atoms with van der Waals surface area (Å²) in [4.78, 5) is 27.6. The number of carbonyl (C=O) groups is 2. The molecule has 0 aromatic heterocycles. The zero-order valence-electron chi connectivity index (χ0n) is 18.3. The summed E-state index contributed by atoms with van der Waals surface area (Å²) < 4.78 is 27.3. The molecule has 3 saturated carbocycles. The summed E-state index contributed by atoms with van der Waals surface area (Å²) in [7, 11) is 1.90. The van der Waals surface area contributed by atoms with Crippen LogP contribution in [-0.2, 0) is 9.59 Å². The van der Waals surface area contributed by atoms with Gasteiger partial charge in [0.05, 0.1) is 0 Å². The number of rotatable bonds is 1. The maximum absolute atomic E-state index is 13.7. The molecule has 1 aromatic rings. The van der Waals surface area contributed by atoms with Gasteiger partial charge in [-0.25, -0.2) is 8.78 Å². The molecule has 1 amide bonds. The molecule has 2 unspecified atom stereocenters. The van der Waals surface area contributed by atoms with E-state index in [2.05, 4.69) is 19.9 Å². The molecule has 3 aliphatic carbocycles. The van der Waals surface area contributed by atoms with Crippen molar-refractivity contribution in [1.82, 2.24) is 4.90 Å². The van der Waals surface area contributed by atoms with E-state index < -0.39 is 17.0 Å². The van der Waals surface area contributed by atoms with Gasteiger partial charge in [-0.2, -0.15) is 0 Å². The smallest absolute Gasteiger partial charge is 0.246 e. The molecular weight excluding hydrogens is 396 g/mol. The van der Waals surface area contributed by atoms with Gasteiger partial charge < -0.3 is 4.90 Å². The maximum Gasteiger partial charge on any atom is 0.246 e. The number of nitrogens with zero attached hydrogens (tertiary/aromatic N) is 1. The quantitative estimate of drug-likeness (QED) is 0.583. The Kier molecular flexibility index (Phi) is 4.55. The zero-order chi connectivity index (χ0) is 22.1. The number of Topliss-reactive ketones (excluding diaryl/α,β-unsaturated/α-hetero) is 1. The number of halogens is 2. The van der Waals surface area contributed by atoms with Gasteiger partial charge in [-0.3, -0.25) is 9.59 Å². The van der Waals surface area contributed by atoms with Gasteiger partial charge in [-0.15, -0.1) is 0 Å². The lowest BCUT2D eigenvalue weighted by Crippen LogP contribution is -2.59. The van der Waals surface area contributed by atoms with Crippen LogP contribution in [0, 0.1) is 40.2 Å². The molecule has 164 valence electrons. The van der Waals surface area contributed by atoms with Crippen LogP contribution in [0.2, 0.25) is 0 Å². The fourth-order valence-electron chi connectivity index (χ4n) is 7.40. The Balaban J connectivity index is 1.49. The van der Waals surface area contributed by atoms with Gasteiger partial charge in [0.2, 0.25) is 5.91 Å². The molecule has 3 fully saturated rings. The number of fused-ring (bicyclic) bond motifs is 5. The van der Waals surface area contributed by atoms with Crippen molar-refractivity contribution in [3.63, 3.8) is 0 Å². The minimum absolute atomic E-state index is 0.0742. The van der Waals surface area contributed by atoms with Gasteiger partial charge in [0.25, 0.3) is 0 Å². The number of allylic oxidation sites excluding steroid dienone is 1. The van der Waals surface area contributed by atoms with E-state index in [1.807, 2.05) is 11.9 Å². The van der Waals surface area contributed by atoms with Gasteiger partial charge in [0.1, 0.15) is 11.6 Å². The van der Waals surface area contributed by atoms with E-state index in [1.165, 1.54) is 12.1 Å². The van der Waals surface area contributed by atoms with Crippen molar-refractivity contribution >= 4 is 17.8 Å². The van der Waals surface area contributed by atoms with E-state index in [1.54, 1.807) is 12.2 Å². The van der Waals surface area contributed by atoms with Crippen LogP contribution in [0.15, 0.2) is 35.9 Å². The molecule has 0 bridgehead atoms. The largest absolute Gasteiger partial charge is 0.338 e. The molecule has 1 aliphatic heterocycles. The number of carbonyl (C=O) groups excluding carboxylic acids is 2. The van der Waals surface area contributed by atoms with Crippen LogP contribution in [0.1, 0.15) is 51.5 Å². The summed E-state index contributed by atoms with van der Waals surface area (Å²) in [6, 6.07) is 3.62. The number of amides is 1. The predicted octanol–water partition coefficient (Wildman–Crippen LogP) is 5.17. The molecule has 0 N–H and O–H groups in total. The van der Waals surface area contributed by atoms with E-state index in [0.29, 0.717) is 29.4 Å². The fraction of sp³-hybridized carbons (Fsp3) is 0.538. The summed E-state index contributed by atoms with van der Waals surface area (Å²) in [6.07, 6.45) is 9.93. The summed E-state index contributed by atoms with van der Waals surface area (Å²) in [6.45, 7) is 4.36. The maximum atomic E-state index is 13.7. The highest BCUT2D eigenvalue weighted by Crippen LogP contribution is 2.63. The third-order valence-electron chi connectivity index (χ3n) is 8.99. The molecule has 0 radical (unpaired) electrons. The zero-order valence-corrected chi connectivity index (χ0v) is 18.3. The van der Waals surface area contributed by atoms with Crippen LogP contribution in [0.25, 0.3) is 6.08 Å². The second-order valence-corrected chi connectivity index (χ2v) is 10.5. The average Bonchev–Trinajstić information content (AvgIpc) is 2.95. The molecule has 1 aromatic carbocycles. The van der Waals surface area contributed by atoms with Crippen molar-refractivity contribution < 1.29 is 18.4 Å². The molecule has 31 heavy (non-hydrogen) atoms. The Hall–Kier alpha value is -2.30. The second-order valence-electron chi connectivity index (χ2n) is 10.5. The number of hydrogen-bond acceptors (Lipinski definition) is 2. The Morgan fingerprint density at radius 1 is 1.03 bits per heavy atom. The topological polar surface area (TPSA) is 37.4 Å². The van der Waals surface area contributed by atoms with Crippen LogP contribution >= 0.6 is 0 Å². The second kappa shape index (κ2) is 6.85. The SMILES string of the molecule is CN1C(=O)C=C[C@]2(C)C3CC[C@]4(C)C(=O)C(=Cc5cc(F)cc(F)c5)C[C@H]4C3CC[C@@H]12. The van der Waals surface area contributed by atoms with E-state index in [9.17, 15) is 18.4 Å². The molecule has 0 saturated heterocycles. The third-order valence-corrected chi connectivity index (χ3v) is 8.99. The van der Waals surface area contributed by atoms with Gasteiger partial charge in [-0.1, -0.05) is 19.9 Å². The van der Waals surface area contributed by atoms with Crippen LogP contribution in [0.3, 0.4) is 0 Å². The monoisotopic (exact) mass is 425 g/mol. The van der Waals surface area contributed by atoms with E-state index in [-0.39, 0.29) is 29.1 Å². The van der Waals surface area contributed by atoms with Crippen molar-refractivity contribution in [2.24, 2.45) is 28.6 Å². The lowest BCUT2D eigenvalue weighted by atomic mass is 9.48. The highest BCUT2D eigenvalue weighted by atomic mass is 19.1. The first-order chi connectivity index (χ1) is 14.6. The van der Waals surface area contributed by atoms with Crippen molar-refractivity contribution in [2.45, 2.75) is 52.0 Å². The predicted molar refractivity (Wildman–Crippen MR) is 115 cm³/mol. The van der Waals surface area contributed by atoms with Gasteiger partial charge in [0.15, 0.2) is 5.78 Å². The van der Waals surface area contributed by atoms with Crippen LogP contribution in [-0.4, -0.2) is 29.7 Å². The summed E-state index contributed by atoms with van der Waals surface area (Å²) in [5.41, 5.74) is 0.610. The van der Waals surface area contributed by atoms with Crippen LogP contribution < -0.4 is 0 Å². The summed E-state index contributed by atoms with van der Waals surface area (Å²) in [5, 5.41) is 0. The Bertz CT molecular complexity index is 1010. The van der Waals surface area contributed by atoms with Crippen molar-refractivity contribution in [1.29, 1.82) is 0 Å². The molecule has 6 atom stereocenters. The molecule has 5 rings (SSSR count).